The van der Waals surface area contributed by atoms with Crippen LogP contribution in [-0.4, -0.2) is 49.0 Å². The summed E-state index contributed by atoms with van der Waals surface area (Å²) in [6.45, 7) is 11.2. The van der Waals surface area contributed by atoms with E-state index in [-0.39, 0.29) is 6.10 Å². The highest BCUT2D eigenvalue weighted by Gasteiger charge is 2.25. The average Bonchev–Trinajstić information content (AvgIpc) is 2.26. The van der Waals surface area contributed by atoms with Crippen molar-refractivity contribution in [3.8, 4) is 0 Å². The largest absolute Gasteiger partial charge is 0.393 e. The molecule has 1 aliphatic heterocycles. The van der Waals surface area contributed by atoms with E-state index in [4.69, 9.17) is 4.74 Å². The minimum atomic E-state index is -0.0853. The second-order valence-corrected chi connectivity index (χ2v) is 5.29. The van der Waals surface area contributed by atoms with Gasteiger partial charge in [-0.15, -0.1) is 0 Å². The zero-order valence-corrected chi connectivity index (χ0v) is 11.0. The fourth-order valence-electron chi connectivity index (χ4n) is 2.21. The van der Waals surface area contributed by atoms with E-state index in [1.165, 1.54) is 0 Å². The molecule has 16 heavy (non-hydrogen) atoms. The molecule has 1 N–H and O–H groups in total. The summed E-state index contributed by atoms with van der Waals surface area (Å²) in [6, 6.07) is 0. The van der Waals surface area contributed by atoms with Gasteiger partial charge in [0.15, 0.2) is 0 Å². The van der Waals surface area contributed by atoms with E-state index in [0.29, 0.717) is 11.8 Å². The summed E-state index contributed by atoms with van der Waals surface area (Å²) in [5.74, 6) is 1.07. The maximum absolute atomic E-state index is 9.77. The molecule has 0 bridgehead atoms. The lowest BCUT2D eigenvalue weighted by Crippen LogP contribution is -2.44. The van der Waals surface area contributed by atoms with E-state index in [1.54, 1.807) is 0 Å². The summed E-state index contributed by atoms with van der Waals surface area (Å²) in [6.07, 6.45) is 1.91. The van der Waals surface area contributed by atoms with Crippen molar-refractivity contribution in [3.05, 3.63) is 0 Å². The normalized spacial score (nSPS) is 27.6. The van der Waals surface area contributed by atoms with E-state index in [9.17, 15) is 5.11 Å². The molecule has 1 aliphatic rings. The molecule has 1 rings (SSSR count). The number of likely N-dealkylation sites (tertiary alicyclic amines) is 1. The minimum absolute atomic E-state index is 0.0853. The van der Waals surface area contributed by atoms with Crippen molar-refractivity contribution in [1.29, 1.82) is 0 Å². The molecule has 96 valence electrons. The van der Waals surface area contributed by atoms with Crippen LogP contribution in [0, 0.1) is 11.8 Å². The molecule has 1 saturated heterocycles. The van der Waals surface area contributed by atoms with Gasteiger partial charge in [0.05, 0.1) is 12.7 Å². The van der Waals surface area contributed by atoms with Crippen LogP contribution in [0.15, 0.2) is 0 Å². The summed E-state index contributed by atoms with van der Waals surface area (Å²) < 4.78 is 5.59. The molecule has 0 saturated carbocycles. The second kappa shape index (κ2) is 7.25. The van der Waals surface area contributed by atoms with Crippen molar-refractivity contribution in [1.82, 2.24) is 4.90 Å². The highest BCUT2D eigenvalue weighted by Crippen LogP contribution is 2.19. The van der Waals surface area contributed by atoms with Crippen molar-refractivity contribution in [2.75, 3.05) is 32.8 Å². The summed E-state index contributed by atoms with van der Waals surface area (Å²) in [5.41, 5.74) is 0. The van der Waals surface area contributed by atoms with Crippen LogP contribution in [0.2, 0.25) is 0 Å². The molecule has 0 aromatic carbocycles. The predicted molar refractivity (Wildman–Crippen MR) is 66.5 cm³/mol. The average molecular weight is 229 g/mol. The molecular weight excluding hydrogens is 202 g/mol. The lowest BCUT2D eigenvalue weighted by atomic mass is 9.92. The van der Waals surface area contributed by atoms with E-state index in [0.717, 1.165) is 45.7 Å². The van der Waals surface area contributed by atoms with E-state index < -0.39 is 0 Å². The molecule has 3 heteroatoms. The molecule has 2 atom stereocenters. The third-order valence-electron chi connectivity index (χ3n) is 3.31. The number of ether oxygens (including phenoxy) is 1. The minimum Gasteiger partial charge on any atom is -0.393 e. The van der Waals surface area contributed by atoms with E-state index in [2.05, 4.69) is 25.7 Å². The maximum Gasteiger partial charge on any atom is 0.0593 e. The smallest absolute Gasteiger partial charge is 0.0593 e. The molecule has 0 aliphatic carbocycles. The monoisotopic (exact) mass is 229 g/mol. The molecule has 0 radical (unpaired) electrons. The van der Waals surface area contributed by atoms with Gasteiger partial charge in [0.1, 0.15) is 0 Å². The van der Waals surface area contributed by atoms with Crippen molar-refractivity contribution < 1.29 is 9.84 Å². The number of piperidine rings is 1. The van der Waals surface area contributed by atoms with Gasteiger partial charge in [0.2, 0.25) is 0 Å². The van der Waals surface area contributed by atoms with Crippen LogP contribution in [0.5, 0.6) is 0 Å². The predicted octanol–water partition coefficient (Wildman–Crippen LogP) is 1.75. The third-order valence-corrected chi connectivity index (χ3v) is 3.31. The van der Waals surface area contributed by atoms with E-state index >= 15 is 0 Å². The van der Waals surface area contributed by atoms with Gasteiger partial charge >= 0.3 is 0 Å². The summed E-state index contributed by atoms with van der Waals surface area (Å²) in [7, 11) is 0. The molecular formula is C13H27NO2. The quantitative estimate of drug-likeness (QED) is 0.704. The molecule has 1 fully saturated rings. The molecule has 1 heterocycles. The van der Waals surface area contributed by atoms with Crippen LogP contribution in [-0.2, 0) is 4.74 Å². The highest BCUT2D eigenvalue weighted by atomic mass is 16.5. The fraction of sp³-hybridized carbons (Fsp3) is 1.00. The Hall–Kier alpha value is -0.120. The van der Waals surface area contributed by atoms with Crippen molar-refractivity contribution in [2.24, 2.45) is 11.8 Å². The molecule has 2 unspecified atom stereocenters. The summed E-state index contributed by atoms with van der Waals surface area (Å²) >= 11 is 0. The first kappa shape index (κ1) is 13.9. The Balaban J connectivity index is 2.13. The number of rotatable bonds is 6. The Morgan fingerprint density at radius 3 is 2.81 bits per heavy atom. The van der Waals surface area contributed by atoms with Crippen molar-refractivity contribution >= 4 is 0 Å². The van der Waals surface area contributed by atoms with Gasteiger partial charge < -0.3 is 14.7 Å². The first-order valence-electron chi connectivity index (χ1n) is 6.61. The van der Waals surface area contributed by atoms with Crippen molar-refractivity contribution in [2.45, 2.75) is 39.7 Å². The Labute approximate surface area is 99.8 Å². The molecule has 0 spiro atoms. The number of aliphatic hydroxyl groups is 1. The lowest BCUT2D eigenvalue weighted by molar-refractivity contribution is 0.00977. The summed E-state index contributed by atoms with van der Waals surface area (Å²) in [5, 5.41) is 9.77. The molecule has 0 aromatic rings. The fourth-order valence-corrected chi connectivity index (χ4v) is 2.21. The standard InChI is InChI=1S/C13H27NO2/c1-4-12-9-14(6-5-13(12)15)7-8-16-10-11(2)3/h11-13,15H,4-10H2,1-3H3. The Morgan fingerprint density at radius 1 is 1.44 bits per heavy atom. The first-order chi connectivity index (χ1) is 7.63. The maximum atomic E-state index is 9.77. The lowest BCUT2D eigenvalue weighted by Gasteiger charge is -2.35. The van der Waals surface area contributed by atoms with E-state index in [1.807, 2.05) is 0 Å². The molecule has 3 nitrogen and oxygen atoms in total. The Bertz CT molecular complexity index is 185. The summed E-state index contributed by atoms with van der Waals surface area (Å²) in [4.78, 5) is 2.42. The molecule has 0 amide bonds. The van der Waals surface area contributed by atoms with Crippen LogP contribution in [0.1, 0.15) is 33.6 Å². The van der Waals surface area contributed by atoms with Crippen LogP contribution in [0.4, 0.5) is 0 Å². The van der Waals surface area contributed by atoms with Gasteiger partial charge in [0, 0.05) is 26.2 Å². The zero-order valence-electron chi connectivity index (χ0n) is 11.0. The van der Waals surface area contributed by atoms with Gasteiger partial charge in [-0.1, -0.05) is 20.8 Å². The number of hydrogen-bond acceptors (Lipinski definition) is 3. The first-order valence-corrected chi connectivity index (χ1v) is 6.61. The second-order valence-electron chi connectivity index (χ2n) is 5.29. The van der Waals surface area contributed by atoms with Gasteiger partial charge in [-0.3, -0.25) is 0 Å². The number of hydrogen-bond donors (Lipinski definition) is 1. The number of aliphatic hydroxyl groups excluding tert-OH is 1. The Morgan fingerprint density at radius 2 is 2.19 bits per heavy atom. The highest BCUT2D eigenvalue weighted by molar-refractivity contribution is 4.78. The van der Waals surface area contributed by atoms with Crippen LogP contribution >= 0.6 is 0 Å². The van der Waals surface area contributed by atoms with Gasteiger partial charge in [-0.05, 0) is 24.7 Å². The third kappa shape index (κ3) is 4.81. The molecule has 0 aromatic heterocycles. The number of nitrogens with zero attached hydrogens (tertiary/aromatic N) is 1. The van der Waals surface area contributed by atoms with Gasteiger partial charge in [0.25, 0.3) is 0 Å². The van der Waals surface area contributed by atoms with Crippen LogP contribution < -0.4 is 0 Å². The SMILES string of the molecule is CCC1CN(CCOCC(C)C)CCC1O. The van der Waals surface area contributed by atoms with Gasteiger partial charge in [-0.2, -0.15) is 0 Å². The topological polar surface area (TPSA) is 32.7 Å². The van der Waals surface area contributed by atoms with Crippen LogP contribution in [0.25, 0.3) is 0 Å². The van der Waals surface area contributed by atoms with Gasteiger partial charge in [-0.25, -0.2) is 0 Å². The zero-order chi connectivity index (χ0) is 12.0. The van der Waals surface area contributed by atoms with Crippen molar-refractivity contribution in [3.63, 3.8) is 0 Å². The Kier molecular flexibility index (Phi) is 6.32. The van der Waals surface area contributed by atoms with Crippen LogP contribution in [0.3, 0.4) is 0 Å².